The Balaban J connectivity index is 2.15. The van der Waals surface area contributed by atoms with Crippen LogP contribution >= 0.6 is 0 Å². The summed E-state index contributed by atoms with van der Waals surface area (Å²) in [5, 5.41) is 2.51. The highest BCUT2D eigenvalue weighted by Gasteiger charge is 2.33. The normalized spacial score (nSPS) is 20.3. The zero-order valence-electron chi connectivity index (χ0n) is 17.4. The van der Waals surface area contributed by atoms with Crippen LogP contribution in [0.1, 0.15) is 39.5 Å². The lowest BCUT2D eigenvalue weighted by Crippen LogP contribution is -2.46. The number of carbonyl (C=O) groups is 3. The smallest absolute Gasteiger partial charge is 0.287 e. The lowest BCUT2D eigenvalue weighted by atomic mass is 9.87. The number of Topliss-reactive ketones (excluding diaryl/α,β-unsaturated/α-hetero) is 2. The quantitative estimate of drug-likeness (QED) is 0.622. The number of ether oxygens (including phenoxy) is 1. The summed E-state index contributed by atoms with van der Waals surface area (Å²) in [4.78, 5) is 37.7. The van der Waals surface area contributed by atoms with Crippen LogP contribution in [0.25, 0.3) is 0 Å². The molecule has 1 aromatic rings. The van der Waals surface area contributed by atoms with Gasteiger partial charge in [0.2, 0.25) is 15.8 Å². The summed E-state index contributed by atoms with van der Waals surface area (Å²) in [5.74, 6) is -2.88. The summed E-state index contributed by atoms with van der Waals surface area (Å²) < 4.78 is 33.2. The van der Waals surface area contributed by atoms with Gasteiger partial charge >= 0.3 is 0 Å². The van der Waals surface area contributed by atoms with Crippen molar-refractivity contribution in [2.45, 2.75) is 50.5 Å². The number of sulfonamides is 1. The summed E-state index contributed by atoms with van der Waals surface area (Å²) in [6.45, 7) is 4.56. The zero-order valence-corrected chi connectivity index (χ0v) is 18.2. The molecule has 2 N–H and O–H groups in total. The average Bonchev–Trinajstić information content (AvgIpc) is 2.75. The third-order valence-electron chi connectivity index (χ3n) is 5.01. The Morgan fingerprint density at radius 1 is 1.17 bits per heavy atom. The van der Waals surface area contributed by atoms with E-state index in [9.17, 15) is 22.8 Å². The Bertz CT molecular complexity index is 838. The van der Waals surface area contributed by atoms with E-state index in [0.29, 0.717) is 26.1 Å². The van der Waals surface area contributed by atoms with Crippen molar-refractivity contribution < 1.29 is 27.5 Å². The molecule has 1 saturated heterocycles. The summed E-state index contributed by atoms with van der Waals surface area (Å²) in [5.41, 5.74) is 0. The first-order valence-corrected chi connectivity index (χ1v) is 11.7. The van der Waals surface area contributed by atoms with Gasteiger partial charge in [-0.1, -0.05) is 38.5 Å². The number of benzene rings is 1. The molecule has 166 valence electrons. The average molecular weight is 439 g/mol. The molecule has 9 heteroatoms. The molecule has 30 heavy (non-hydrogen) atoms. The Hall–Kier alpha value is -2.10. The van der Waals surface area contributed by atoms with Crippen LogP contribution < -0.4 is 10.0 Å². The van der Waals surface area contributed by atoms with E-state index in [2.05, 4.69) is 10.0 Å². The molecule has 0 aromatic heterocycles. The molecule has 2 unspecified atom stereocenters. The number of nitrogens with one attached hydrogen (secondary N) is 2. The minimum Gasteiger partial charge on any atom is -0.380 e. The van der Waals surface area contributed by atoms with Crippen molar-refractivity contribution in [3.8, 4) is 0 Å². The van der Waals surface area contributed by atoms with Crippen molar-refractivity contribution in [1.82, 2.24) is 10.0 Å². The van der Waals surface area contributed by atoms with Crippen molar-refractivity contribution in [2.24, 2.45) is 11.8 Å². The predicted octanol–water partition coefficient (Wildman–Crippen LogP) is 1.45. The van der Waals surface area contributed by atoms with Crippen LogP contribution in [0.4, 0.5) is 0 Å². The van der Waals surface area contributed by atoms with Gasteiger partial charge in [0.05, 0.1) is 17.5 Å². The van der Waals surface area contributed by atoms with E-state index >= 15 is 0 Å². The van der Waals surface area contributed by atoms with E-state index in [-0.39, 0.29) is 23.8 Å². The number of hydrogen-bond acceptors (Lipinski definition) is 6. The minimum atomic E-state index is -3.89. The van der Waals surface area contributed by atoms with Crippen molar-refractivity contribution in [2.75, 3.05) is 19.8 Å². The van der Waals surface area contributed by atoms with Gasteiger partial charge in [-0.25, -0.2) is 13.1 Å². The molecular weight excluding hydrogens is 408 g/mol. The summed E-state index contributed by atoms with van der Waals surface area (Å²) in [7, 11) is -3.89. The predicted molar refractivity (Wildman–Crippen MR) is 111 cm³/mol. The van der Waals surface area contributed by atoms with E-state index < -0.39 is 39.5 Å². The first kappa shape index (κ1) is 24.2. The van der Waals surface area contributed by atoms with Crippen LogP contribution in [0.2, 0.25) is 0 Å². The molecule has 1 fully saturated rings. The highest BCUT2D eigenvalue weighted by molar-refractivity contribution is 7.89. The monoisotopic (exact) mass is 438 g/mol. The Morgan fingerprint density at radius 3 is 2.53 bits per heavy atom. The van der Waals surface area contributed by atoms with E-state index in [1.807, 2.05) is 0 Å². The zero-order chi connectivity index (χ0) is 22.1. The van der Waals surface area contributed by atoms with E-state index in [1.165, 1.54) is 12.1 Å². The van der Waals surface area contributed by atoms with Gasteiger partial charge in [0.1, 0.15) is 0 Å². The van der Waals surface area contributed by atoms with E-state index in [4.69, 9.17) is 4.74 Å². The van der Waals surface area contributed by atoms with Gasteiger partial charge in [0.15, 0.2) is 5.78 Å². The van der Waals surface area contributed by atoms with E-state index in [1.54, 1.807) is 32.0 Å². The molecule has 1 heterocycles. The SMILES string of the molecule is CC(C)C(NS(=O)(=O)c1ccccc1)C(=O)CC1CCCCOCCNC(=O)C1=O. The molecule has 0 aliphatic carbocycles. The number of carbonyl (C=O) groups excluding carboxylic acids is 3. The van der Waals surface area contributed by atoms with Crippen LogP contribution in [0, 0.1) is 11.8 Å². The second-order valence-electron chi connectivity index (χ2n) is 7.75. The lowest BCUT2D eigenvalue weighted by Gasteiger charge is -2.23. The maximum absolute atomic E-state index is 13.0. The molecular formula is C21H30N2O6S. The molecule has 1 aliphatic heterocycles. The van der Waals surface area contributed by atoms with Crippen molar-refractivity contribution in [3.63, 3.8) is 0 Å². The third-order valence-corrected chi connectivity index (χ3v) is 6.47. The van der Waals surface area contributed by atoms with Crippen LogP contribution in [0.15, 0.2) is 35.2 Å². The van der Waals surface area contributed by atoms with Crippen molar-refractivity contribution >= 4 is 27.5 Å². The van der Waals surface area contributed by atoms with Crippen LogP contribution in [-0.2, 0) is 29.1 Å². The van der Waals surface area contributed by atoms with Gasteiger partial charge in [-0.05, 0) is 30.9 Å². The van der Waals surface area contributed by atoms with Crippen molar-refractivity contribution in [3.05, 3.63) is 30.3 Å². The Kier molecular flexibility index (Phi) is 9.13. The second-order valence-corrected chi connectivity index (χ2v) is 9.47. The molecule has 2 rings (SSSR count). The Labute approximate surface area is 177 Å². The van der Waals surface area contributed by atoms with E-state index in [0.717, 1.165) is 6.42 Å². The Morgan fingerprint density at radius 2 is 1.87 bits per heavy atom. The molecule has 0 bridgehead atoms. The van der Waals surface area contributed by atoms with Crippen LogP contribution in [0.3, 0.4) is 0 Å². The lowest BCUT2D eigenvalue weighted by molar-refractivity contribution is -0.141. The van der Waals surface area contributed by atoms with Gasteiger partial charge < -0.3 is 10.1 Å². The molecule has 1 aliphatic rings. The van der Waals surface area contributed by atoms with Crippen molar-refractivity contribution in [1.29, 1.82) is 0 Å². The molecule has 8 nitrogen and oxygen atoms in total. The largest absolute Gasteiger partial charge is 0.380 e. The molecule has 2 atom stereocenters. The summed E-state index contributed by atoms with van der Waals surface area (Å²) in [6.07, 6.45) is 1.55. The maximum Gasteiger partial charge on any atom is 0.287 e. The highest BCUT2D eigenvalue weighted by atomic mass is 32.2. The highest BCUT2D eigenvalue weighted by Crippen LogP contribution is 2.20. The molecule has 1 amide bonds. The fourth-order valence-corrected chi connectivity index (χ4v) is 4.70. The topological polar surface area (TPSA) is 119 Å². The minimum absolute atomic E-state index is 0.0637. The summed E-state index contributed by atoms with van der Waals surface area (Å²) >= 11 is 0. The van der Waals surface area contributed by atoms with Gasteiger partial charge in [-0.3, -0.25) is 14.4 Å². The third kappa shape index (κ3) is 7.00. The molecule has 0 radical (unpaired) electrons. The first-order chi connectivity index (χ1) is 14.2. The fourth-order valence-electron chi connectivity index (χ4n) is 3.31. The second kappa shape index (κ2) is 11.3. The van der Waals surface area contributed by atoms with Gasteiger partial charge in [0, 0.05) is 25.5 Å². The first-order valence-electron chi connectivity index (χ1n) is 10.2. The molecule has 0 spiro atoms. The standard InChI is InChI=1S/C21H30N2O6S/c1-15(2)19(23-30(27,28)17-9-4-3-5-10-17)18(24)14-16-8-6-7-12-29-13-11-22-21(26)20(16)25/h3-5,9-10,15-16,19,23H,6-8,11-14H2,1-2H3,(H,22,26). The van der Waals surface area contributed by atoms with Crippen LogP contribution in [-0.4, -0.2) is 51.7 Å². The van der Waals surface area contributed by atoms with Gasteiger partial charge in [0.25, 0.3) is 5.91 Å². The maximum atomic E-state index is 13.0. The number of amides is 1. The summed E-state index contributed by atoms with van der Waals surface area (Å²) in [6, 6.07) is 6.81. The molecule has 1 aromatic carbocycles. The van der Waals surface area contributed by atoms with Crippen LogP contribution in [0.5, 0.6) is 0 Å². The number of ketones is 2. The number of hydrogen-bond donors (Lipinski definition) is 2. The van der Waals surface area contributed by atoms with Gasteiger partial charge in [-0.2, -0.15) is 0 Å². The molecule has 0 saturated carbocycles. The fraction of sp³-hybridized carbons (Fsp3) is 0.571. The number of rotatable bonds is 7. The van der Waals surface area contributed by atoms with Gasteiger partial charge in [-0.15, -0.1) is 0 Å².